The second kappa shape index (κ2) is 7.32. The van der Waals surface area contributed by atoms with Gasteiger partial charge in [-0.1, -0.05) is 46.2 Å². The molecule has 3 nitrogen and oxygen atoms in total. The Morgan fingerprint density at radius 2 is 2.00 bits per heavy atom. The van der Waals surface area contributed by atoms with Crippen LogP contribution in [0.4, 0.5) is 0 Å². The first kappa shape index (κ1) is 16.5. The van der Waals surface area contributed by atoms with Crippen LogP contribution in [0.25, 0.3) is 0 Å². The van der Waals surface area contributed by atoms with E-state index in [1.54, 1.807) is 0 Å². The second-order valence-corrected chi connectivity index (χ2v) is 6.24. The number of benzene rings is 1. The molecule has 0 aliphatic carbocycles. The van der Waals surface area contributed by atoms with Gasteiger partial charge in [0.2, 0.25) is 0 Å². The zero-order valence-corrected chi connectivity index (χ0v) is 13.4. The highest BCUT2D eigenvalue weighted by atomic mass is 16.5. The van der Waals surface area contributed by atoms with Crippen LogP contribution < -0.4 is 10.1 Å². The van der Waals surface area contributed by atoms with Crippen molar-refractivity contribution in [2.75, 3.05) is 13.2 Å². The molecule has 0 saturated heterocycles. The highest BCUT2D eigenvalue weighted by Crippen LogP contribution is 2.31. The van der Waals surface area contributed by atoms with Crippen LogP contribution in [-0.2, 0) is 10.2 Å². The number of amides is 1. The summed E-state index contributed by atoms with van der Waals surface area (Å²) in [5.41, 5.74) is 2.27. The Kier molecular flexibility index (Phi) is 6.05. The molecule has 1 N–H and O–H groups in total. The number of nitrogens with one attached hydrogen (secondary N) is 1. The first-order valence-corrected chi connectivity index (χ1v) is 7.35. The zero-order chi connectivity index (χ0) is 15.2. The van der Waals surface area contributed by atoms with Crippen molar-refractivity contribution in [3.05, 3.63) is 29.3 Å². The molecule has 1 aromatic rings. The summed E-state index contributed by atoms with van der Waals surface area (Å²) in [4.78, 5) is 11.7. The summed E-state index contributed by atoms with van der Waals surface area (Å²) >= 11 is 0. The first-order chi connectivity index (χ1) is 9.34. The van der Waals surface area contributed by atoms with Gasteiger partial charge in [-0.2, -0.15) is 0 Å². The summed E-state index contributed by atoms with van der Waals surface area (Å²) in [5.74, 6) is 0.753. The standard InChI is InChI=1S/C17H27NO2/c1-6-7-10-18-16(19)12-20-15-11-13(2)8-9-14(15)17(3,4)5/h8-9,11H,6-7,10,12H2,1-5H3,(H,18,19). The molecular weight excluding hydrogens is 250 g/mol. The summed E-state index contributed by atoms with van der Waals surface area (Å²) < 4.78 is 5.72. The molecule has 0 radical (unpaired) electrons. The molecule has 0 spiro atoms. The van der Waals surface area contributed by atoms with Gasteiger partial charge in [0.1, 0.15) is 5.75 Å². The van der Waals surface area contributed by atoms with Crippen LogP contribution in [0, 0.1) is 6.92 Å². The molecule has 20 heavy (non-hydrogen) atoms. The first-order valence-electron chi connectivity index (χ1n) is 7.35. The van der Waals surface area contributed by atoms with E-state index in [0.717, 1.165) is 36.3 Å². The lowest BCUT2D eigenvalue weighted by Gasteiger charge is -2.23. The van der Waals surface area contributed by atoms with Crippen LogP contribution in [0.3, 0.4) is 0 Å². The predicted molar refractivity (Wildman–Crippen MR) is 83.3 cm³/mol. The van der Waals surface area contributed by atoms with E-state index in [1.165, 1.54) is 0 Å². The smallest absolute Gasteiger partial charge is 0.257 e. The maximum Gasteiger partial charge on any atom is 0.257 e. The SMILES string of the molecule is CCCCNC(=O)COc1cc(C)ccc1C(C)(C)C. The van der Waals surface area contributed by atoms with Gasteiger partial charge in [-0.3, -0.25) is 4.79 Å². The molecule has 0 atom stereocenters. The maximum atomic E-state index is 11.7. The van der Waals surface area contributed by atoms with Gasteiger partial charge in [0.15, 0.2) is 6.61 Å². The molecule has 0 bridgehead atoms. The van der Waals surface area contributed by atoms with Gasteiger partial charge >= 0.3 is 0 Å². The number of hydrogen-bond acceptors (Lipinski definition) is 2. The van der Waals surface area contributed by atoms with E-state index in [9.17, 15) is 4.79 Å². The third kappa shape index (κ3) is 5.24. The van der Waals surface area contributed by atoms with E-state index >= 15 is 0 Å². The molecule has 0 aliphatic heterocycles. The van der Waals surface area contributed by atoms with Crippen LogP contribution in [0.2, 0.25) is 0 Å². The quantitative estimate of drug-likeness (QED) is 0.807. The molecule has 1 aromatic carbocycles. The number of hydrogen-bond donors (Lipinski definition) is 1. The van der Waals surface area contributed by atoms with Crippen LogP contribution >= 0.6 is 0 Å². The Labute approximate surface area is 122 Å². The maximum absolute atomic E-state index is 11.7. The molecule has 0 heterocycles. The average Bonchev–Trinajstić information content (AvgIpc) is 2.35. The Morgan fingerprint density at radius 1 is 1.30 bits per heavy atom. The number of carbonyl (C=O) groups excluding carboxylic acids is 1. The Balaban J connectivity index is 2.67. The zero-order valence-electron chi connectivity index (χ0n) is 13.4. The molecule has 0 unspecified atom stereocenters. The van der Waals surface area contributed by atoms with Gasteiger partial charge in [0, 0.05) is 6.54 Å². The number of aryl methyl sites for hydroxylation is 1. The lowest BCUT2D eigenvalue weighted by molar-refractivity contribution is -0.123. The van der Waals surface area contributed by atoms with E-state index in [-0.39, 0.29) is 17.9 Å². The third-order valence-corrected chi connectivity index (χ3v) is 3.16. The summed E-state index contributed by atoms with van der Waals surface area (Å²) in [5, 5.41) is 2.86. The summed E-state index contributed by atoms with van der Waals surface area (Å²) in [7, 11) is 0. The van der Waals surface area contributed by atoms with E-state index in [0.29, 0.717) is 0 Å². The lowest BCUT2D eigenvalue weighted by Crippen LogP contribution is -2.30. The number of ether oxygens (including phenoxy) is 1. The molecule has 0 aliphatic rings. The van der Waals surface area contributed by atoms with Crippen LogP contribution in [0.15, 0.2) is 18.2 Å². The molecule has 1 rings (SSSR count). The van der Waals surface area contributed by atoms with E-state index < -0.39 is 0 Å². The summed E-state index contributed by atoms with van der Waals surface area (Å²) in [6.45, 7) is 11.4. The van der Waals surface area contributed by atoms with Crippen molar-refractivity contribution in [2.45, 2.75) is 52.9 Å². The molecule has 0 aromatic heterocycles. The highest BCUT2D eigenvalue weighted by molar-refractivity contribution is 5.77. The minimum Gasteiger partial charge on any atom is -0.483 e. The van der Waals surface area contributed by atoms with Crippen LogP contribution in [0.5, 0.6) is 5.75 Å². The van der Waals surface area contributed by atoms with E-state index in [2.05, 4.69) is 45.1 Å². The Bertz CT molecular complexity index is 447. The van der Waals surface area contributed by atoms with E-state index in [1.807, 2.05) is 13.0 Å². The number of rotatable bonds is 6. The molecule has 0 saturated carbocycles. The topological polar surface area (TPSA) is 38.3 Å². The van der Waals surface area contributed by atoms with Crippen molar-refractivity contribution in [3.63, 3.8) is 0 Å². The van der Waals surface area contributed by atoms with Crippen LogP contribution in [0.1, 0.15) is 51.7 Å². The molecule has 112 valence electrons. The largest absolute Gasteiger partial charge is 0.483 e. The van der Waals surface area contributed by atoms with E-state index in [4.69, 9.17) is 4.74 Å². The number of carbonyl (C=O) groups is 1. The fraction of sp³-hybridized carbons (Fsp3) is 0.588. The molecule has 3 heteroatoms. The van der Waals surface area contributed by atoms with Gasteiger partial charge in [-0.05, 0) is 36.0 Å². The van der Waals surface area contributed by atoms with Gasteiger partial charge in [-0.25, -0.2) is 0 Å². The minimum atomic E-state index is -0.0557. The van der Waals surface area contributed by atoms with Gasteiger partial charge in [-0.15, -0.1) is 0 Å². The minimum absolute atomic E-state index is 0.00171. The molecule has 1 amide bonds. The molecule has 0 fully saturated rings. The fourth-order valence-electron chi connectivity index (χ4n) is 1.97. The van der Waals surface area contributed by atoms with Gasteiger partial charge in [0.05, 0.1) is 0 Å². The monoisotopic (exact) mass is 277 g/mol. The van der Waals surface area contributed by atoms with Crippen molar-refractivity contribution in [1.82, 2.24) is 5.32 Å². The fourth-order valence-corrected chi connectivity index (χ4v) is 1.97. The summed E-state index contributed by atoms with van der Waals surface area (Å²) in [6.07, 6.45) is 2.08. The third-order valence-electron chi connectivity index (χ3n) is 3.16. The summed E-state index contributed by atoms with van der Waals surface area (Å²) in [6, 6.07) is 6.16. The van der Waals surface area contributed by atoms with Crippen molar-refractivity contribution in [2.24, 2.45) is 0 Å². The average molecular weight is 277 g/mol. The van der Waals surface area contributed by atoms with Gasteiger partial charge < -0.3 is 10.1 Å². The Hall–Kier alpha value is -1.51. The van der Waals surface area contributed by atoms with Crippen molar-refractivity contribution in [3.8, 4) is 5.75 Å². The van der Waals surface area contributed by atoms with Crippen molar-refractivity contribution >= 4 is 5.91 Å². The van der Waals surface area contributed by atoms with Crippen LogP contribution in [-0.4, -0.2) is 19.1 Å². The van der Waals surface area contributed by atoms with Gasteiger partial charge in [0.25, 0.3) is 5.91 Å². The lowest BCUT2D eigenvalue weighted by atomic mass is 9.86. The normalized spacial score (nSPS) is 11.2. The molecular formula is C17H27NO2. The highest BCUT2D eigenvalue weighted by Gasteiger charge is 2.19. The second-order valence-electron chi connectivity index (χ2n) is 6.24. The number of unbranched alkanes of at least 4 members (excludes halogenated alkanes) is 1. The Morgan fingerprint density at radius 3 is 2.60 bits per heavy atom. The van der Waals surface area contributed by atoms with Crippen molar-refractivity contribution in [1.29, 1.82) is 0 Å². The van der Waals surface area contributed by atoms with Crippen molar-refractivity contribution < 1.29 is 9.53 Å². The predicted octanol–water partition coefficient (Wildman–Crippen LogP) is 3.59.